The van der Waals surface area contributed by atoms with Crippen molar-refractivity contribution < 1.29 is 4.79 Å². The average Bonchev–Trinajstić information content (AvgIpc) is 3.09. The Kier molecular flexibility index (Phi) is 5.40. The smallest absolute Gasteiger partial charge is 0.320 e. The largest absolute Gasteiger partial charge is 0.323 e. The van der Waals surface area contributed by atoms with E-state index in [0.29, 0.717) is 18.2 Å². The first-order valence-electron chi connectivity index (χ1n) is 8.13. The van der Waals surface area contributed by atoms with Crippen molar-refractivity contribution in [2.75, 3.05) is 11.9 Å². The van der Waals surface area contributed by atoms with Gasteiger partial charge in [-0.25, -0.2) is 9.78 Å². The molecule has 0 saturated heterocycles. The third kappa shape index (κ3) is 4.42. The molecule has 0 radical (unpaired) electrons. The summed E-state index contributed by atoms with van der Waals surface area (Å²) in [5.74, 6) is 0. The second kappa shape index (κ2) is 7.90. The van der Waals surface area contributed by atoms with Crippen molar-refractivity contribution in [3.05, 3.63) is 65.3 Å². The highest BCUT2D eigenvalue weighted by Gasteiger charge is 2.14. The van der Waals surface area contributed by atoms with Gasteiger partial charge < -0.3 is 4.90 Å². The summed E-state index contributed by atoms with van der Waals surface area (Å²) < 4.78 is 0. The summed E-state index contributed by atoms with van der Waals surface area (Å²) >= 11 is 1.41. The van der Waals surface area contributed by atoms with E-state index >= 15 is 0 Å². The summed E-state index contributed by atoms with van der Waals surface area (Å²) in [6.07, 6.45) is 3.49. The highest BCUT2D eigenvalue weighted by atomic mass is 32.1. The maximum Gasteiger partial charge on any atom is 0.323 e. The predicted octanol–water partition coefficient (Wildman–Crippen LogP) is 4.57. The Balaban J connectivity index is 1.67. The number of carbonyl (C=O) groups is 1. The van der Waals surface area contributed by atoms with E-state index in [0.717, 1.165) is 16.8 Å². The molecule has 2 heterocycles. The SMILES string of the molecule is CCN(Cc1cccc(C)c1)C(=O)Nc1nc(-c2cccnc2)cs1. The molecule has 6 heteroatoms. The number of anilines is 1. The Morgan fingerprint density at radius 3 is 2.88 bits per heavy atom. The molecule has 2 amide bonds. The summed E-state index contributed by atoms with van der Waals surface area (Å²) in [7, 11) is 0. The van der Waals surface area contributed by atoms with Gasteiger partial charge in [0.15, 0.2) is 5.13 Å². The number of pyridine rings is 1. The summed E-state index contributed by atoms with van der Waals surface area (Å²) in [6, 6.07) is 11.9. The van der Waals surface area contributed by atoms with Gasteiger partial charge in [-0.2, -0.15) is 0 Å². The van der Waals surface area contributed by atoms with E-state index < -0.39 is 0 Å². The van der Waals surface area contributed by atoms with Crippen molar-refractivity contribution in [3.63, 3.8) is 0 Å². The number of rotatable bonds is 5. The Bertz CT molecular complexity index is 847. The first kappa shape index (κ1) is 17.1. The highest BCUT2D eigenvalue weighted by molar-refractivity contribution is 7.14. The average molecular weight is 352 g/mol. The van der Waals surface area contributed by atoms with Crippen LogP contribution in [0.5, 0.6) is 0 Å². The number of carbonyl (C=O) groups excluding carboxylic acids is 1. The van der Waals surface area contributed by atoms with Crippen LogP contribution >= 0.6 is 11.3 Å². The molecule has 3 aromatic rings. The normalized spacial score (nSPS) is 10.5. The van der Waals surface area contributed by atoms with Crippen LogP contribution in [0.25, 0.3) is 11.3 Å². The number of hydrogen-bond acceptors (Lipinski definition) is 4. The fraction of sp³-hybridized carbons (Fsp3) is 0.211. The summed E-state index contributed by atoms with van der Waals surface area (Å²) in [4.78, 5) is 22.9. The molecule has 0 aliphatic heterocycles. The number of nitrogens with one attached hydrogen (secondary N) is 1. The van der Waals surface area contributed by atoms with Crippen LogP contribution in [0.15, 0.2) is 54.2 Å². The van der Waals surface area contributed by atoms with Gasteiger partial charge >= 0.3 is 6.03 Å². The van der Waals surface area contributed by atoms with Crippen molar-refractivity contribution in [2.45, 2.75) is 20.4 Å². The van der Waals surface area contributed by atoms with E-state index in [9.17, 15) is 4.79 Å². The number of nitrogens with zero attached hydrogens (tertiary/aromatic N) is 3. The van der Waals surface area contributed by atoms with E-state index in [1.807, 2.05) is 36.6 Å². The minimum Gasteiger partial charge on any atom is -0.320 e. The van der Waals surface area contributed by atoms with Crippen molar-refractivity contribution >= 4 is 22.5 Å². The molecule has 0 spiro atoms. The zero-order chi connectivity index (χ0) is 17.6. The summed E-state index contributed by atoms with van der Waals surface area (Å²) in [6.45, 7) is 5.22. The zero-order valence-electron chi connectivity index (χ0n) is 14.3. The van der Waals surface area contributed by atoms with Gasteiger partial charge in [0.25, 0.3) is 0 Å². The first-order valence-corrected chi connectivity index (χ1v) is 9.01. The minimum atomic E-state index is -0.143. The number of urea groups is 1. The van der Waals surface area contributed by atoms with Gasteiger partial charge in [-0.1, -0.05) is 29.8 Å². The quantitative estimate of drug-likeness (QED) is 0.732. The highest BCUT2D eigenvalue weighted by Crippen LogP contribution is 2.24. The zero-order valence-corrected chi connectivity index (χ0v) is 15.1. The van der Waals surface area contributed by atoms with Crippen molar-refractivity contribution in [2.24, 2.45) is 0 Å². The molecule has 0 aliphatic rings. The molecular formula is C19H20N4OS. The first-order chi connectivity index (χ1) is 12.2. The molecule has 128 valence electrons. The molecule has 1 N–H and O–H groups in total. The lowest BCUT2D eigenvalue weighted by Crippen LogP contribution is -2.34. The van der Waals surface area contributed by atoms with Crippen LogP contribution < -0.4 is 5.32 Å². The van der Waals surface area contributed by atoms with E-state index in [-0.39, 0.29) is 6.03 Å². The Morgan fingerprint density at radius 2 is 2.16 bits per heavy atom. The van der Waals surface area contributed by atoms with Crippen LogP contribution in [0, 0.1) is 6.92 Å². The molecule has 5 nitrogen and oxygen atoms in total. The molecule has 25 heavy (non-hydrogen) atoms. The number of aromatic nitrogens is 2. The second-order valence-electron chi connectivity index (χ2n) is 5.71. The van der Waals surface area contributed by atoms with Crippen LogP contribution in [0.2, 0.25) is 0 Å². The molecule has 0 atom stereocenters. The minimum absolute atomic E-state index is 0.143. The van der Waals surface area contributed by atoms with E-state index in [1.54, 1.807) is 17.3 Å². The lowest BCUT2D eigenvalue weighted by molar-refractivity contribution is 0.212. The topological polar surface area (TPSA) is 58.1 Å². The van der Waals surface area contributed by atoms with Gasteiger partial charge in [0.05, 0.1) is 5.69 Å². The van der Waals surface area contributed by atoms with E-state index in [4.69, 9.17) is 0 Å². The third-order valence-corrected chi connectivity index (χ3v) is 4.56. The van der Waals surface area contributed by atoms with Crippen LogP contribution in [-0.4, -0.2) is 27.4 Å². The van der Waals surface area contributed by atoms with Crippen LogP contribution in [0.4, 0.5) is 9.93 Å². The molecule has 1 aromatic carbocycles. The Labute approximate surface area is 151 Å². The lowest BCUT2D eigenvalue weighted by Gasteiger charge is -2.21. The Morgan fingerprint density at radius 1 is 1.28 bits per heavy atom. The molecular weight excluding hydrogens is 332 g/mol. The number of thiazole rings is 1. The molecule has 2 aromatic heterocycles. The van der Waals surface area contributed by atoms with Crippen LogP contribution in [0.1, 0.15) is 18.1 Å². The number of amides is 2. The fourth-order valence-corrected chi connectivity index (χ4v) is 3.22. The Hall–Kier alpha value is -2.73. The van der Waals surface area contributed by atoms with Crippen LogP contribution in [-0.2, 0) is 6.54 Å². The monoisotopic (exact) mass is 352 g/mol. The van der Waals surface area contributed by atoms with E-state index in [2.05, 4.69) is 34.3 Å². The van der Waals surface area contributed by atoms with Gasteiger partial charge in [0.2, 0.25) is 0 Å². The molecule has 0 aliphatic carbocycles. The predicted molar refractivity (Wildman–Crippen MR) is 102 cm³/mol. The van der Waals surface area contributed by atoms with Crippen molar-refractivity contribution in [1.82, 2.24) is 14.9 Å². The molecule has 0 unspecified atom stereocenters. The third-order valence-electron chi connectivity index (χ3n) is 3.80. The number of aryl methyl sites for hydroxylation is 1. The lowest BCUT2D eigenvalue weighted by atomic mass is 10.1. The van der Waals surface area contributed by atoms with Gasteiger partial charge in [-0.15, -0.1) is 11.3 Å². The number of hydrogen-bond donors (Lipinski definition) is 1. The maximum atomic E-state index is 12.5. The molecule has 3 rings (SSSR count). The molecule has 0 fully saturated rings. The summed E-state index contributed by atoms with van der Waals surface area (Å²) in [5.41, 5.74) is 4.06. The van der Waals surface area contributed by atoms with Gasteiger partial charge in [0.1, 0.15) is 0 Å². The number of benzene rings is 1. The maximum absolute atomic E-state index is 12.5. The fourth-order valence-electron chi connectivity index (χ4n) is 2.51. The van der Waals surface area contributed by atoms with Gasteiger partial charge in [-0.05, 0) is 31.5 Å². The summed E-state index contributed by atoms with van der Waals surface area (Å²) in [5, 5.41) is 5.40. The molecule has 0 bridgehead atoms. The van der Waals surface area contributed by atoms with Gasteiger partial charge in [0, 0.05) is 36.4 Å². The van der Waals surface area contributed by atoms with Crippen molar-refractivity contribution in [3.8, 4) is 11.3 Å². The van der Waals surface area contributed by atoms with Gasteiger partial charge in [-0.3, -0.25) is 10.3 Å². The second-order valence-corrected chi connectivity index (χ2v) is 6.57. The van der Waals surface area contributed by atoms with Crippen LogP contribution in [0.3, 0.4) is 0 Å². The van der Waals surface area contributed by atoms with Crippen molar-refractivity contribution in [1.29, 1.82) is 0 Å². The van der Waals surface area contributed by atoms with E-state index in [1.165, 1.54) is 16.9 Å². The standard InChI is InChI=1S/C19H20N4OS/c1-3-23(12-15-7-4-6-14(2)10-15)19(24)22-18-21-17(13-25-18)16-8-5-9-20-11-16/h4-11,13H,3,12H2,1-2H3,(H,21,22,24). The molecule has 0 saturated carbocycles.